The van der Waals surface area contributed by atoms with E-state index in [0.717, 1.165) is 19.3 Å². The predicted molar refractivity (Wildman–Crippen MR) is 69.4 cm³/mol. The van der Waals surface area contributed by atoms with Crippen LogP contribution in [0.1, 0.15) is 53.9 Å². The van der Waals surface area contributed by atoms with Gasteiger partial charge in [-0.1, -0.05) is 20.3 Å². The molecule has 0 aliphatic rings. The molecule has 3 N–H and O–H groups in total. The lowest BCUT2D eigenvalue weighted by atomic mass is 9.94. The minimum Gasteiger partial charge on any atom is -0.330 e. The number of hydrogen-bond donors (Lipinski definition) is 2. The van der Waals surface area contributed by atoms with E-state index < -0.39 is 0 Å². The van der Waals surface area contributed by atoms with E-state index in [9.17, 15) is 4.79 Å². The first-order valence-electron chi connectivity index (χ1n) is 6.29. The fraction of sp³-hybridized carbons (Fsp3) is 0.923. The molecule has 0 saturated carbocycles. The van der Waals surface area contributed by atoms with Gasteiger partial charge in [-0.3, -0.25) is 4.79 Å². The summed E-state index contributed by atoms with van der Waals surface area (Å²) in [5.41, 5.74) is 5.46. The van der Waals surface area contributed by atoms with Gasteiger partial charge >= 0.3 is 0 Å². The van der Waals surface area contributed by atoms with Crippen LogP contribution in [-0.2, 0) is 4.79 Å². The Kier molecular flexibility index (Phi) is 6.84. The molecule has 0 fully saturated rings. The van der Waals surface area contributed by atoms with Crippen LogP contribution in [0, 0.1) is 5.92 Å². The molecule has 0 aromatic heterocycles. The Hall–Kier alpha value is -0.410. The van der Waals surface area contributed by atoms with Gasteiger partial charge in [0, 0.05) is 11.5 Å². The number of unbranched alkanes of at least 4 members (excludes halogenated alkanes) is 1. The van der Waals surface area contributed by atoms with Crippen molar-refractivity contribution in [3.63, 3.8) is 0 Å². The highest BCUT2D eigenvalue weighted by Gasteiger charge is 2.24. The first kappa shape index (κ1) is 15.6. The predicted octanol–water partition coefficient (Wildman–Crippen LogP) is 2.10. The average molecular weight is 228 g/mol. The summed E-state index contributed by atoms with van der Waals surface area (Å²) in [5.74, 6) is 0.407. The Labute approximate surface area is 100 Å². The van der Waals surface area contributed by atoms with Crippen molar-refractivity contribution < 1.29 is 4.79 Å². The first-order valence-corrected chi connectivity index (χ1v) is 6.29. The molecule has 1 atom stereocenters. The maximum Gasteiger partial charge on any atom is 0.152 e. The zero-order valence-electron chi connectivity index (χ0n) is 11.5. The maximum atomic E-state index is 12.0. The van der Waals surface area contributed by atoms with Crippen molar-refractivity contribution in [3.8, 4) is 0 Å². The molecule has 0 saturated heterocycles. The van der Waals surface area contributed by atoms with Gasteiger partial charge in [-0.05, 0) is 40.2 Å². The molecular formula is C13H28N2O. The molecule has 3 nitrogen and oxygen atoms in total. The van der Waals surface area contributed by atoms with Crippen LogP contribution in [0.3, 0.4) is 0 Å². The van der Waals surface area contributed by atoms with E-state index >= 15 is 0 Å². The number of Topliss-reactive ketones (excluding diaryl/α,β-unsaturated/α-hetero) is 1. The van der Waals surface area contributed by atoms with Crippen molar-refractivity contribution in [2.45, 2.75) is 65.5 Å². The average Bonchev–Trinajstić information content (AvgIpc) is 2.13. The molecule has 0 unspecified atom stereocenters. The van der Waals surface area contributed by atoms with Crippen molar-refractivity contribution >= 4 is 5.78 Å². The number of nitrogens with one attached hydrogen (secondary N) is 1. The number of hydrogen-bond acceptors (Lipinski definition) is 3. The number of nitrogens with two attached hydrogens (primary N) is 1. The molecular weight excluding hydrogens is 200 g/mol. The van der Waals surface area contributed by atoms with Gasteiger partial charge < -0.3 is 11.1 Å². The lowest BCUT2D eigenvalue weighted by molar-refractivity contribution is -0.124. The third kappa shape index (κ3) is 6.96. The summed E-state index contributed by atoms with van der Waals surface area (Å²) in [6.45, 7) is 10.9. The van der Waals surface area contributed by atoms with Crippen LogP contribution in [0.15, 0.2) is 0 Å². The largest absolute Gasteiger partial charge is 0.330 e. The van der Waals surface area contributed by atoms with Gasteiger partial charge in [-0.25, -0.2) is 0 Å². The first-order chi connectivity index (χ1) is 7.28. The van der Waals surface area contributed by atoms with Crippen LogP contribution in [0.5, 0.6) is 0 Å². The molecule has 0 aliphatic heterocycles. The van der Waals surface area contributed by atoms with E-state index in [4.69, 9.17) is 5.73 Å². The fourth-order valence-electron chi connectivity index (χ4n) is 1.70. The van der Waals surface area contributed by atoms with Crippen molar-refractivity contribution in [1.29, 1.82) is 0 Å². The highest BCUT2D eigenvalue weighted by molar-refractivity contribution is 5.85. The van der Waals surface area contributed by atoms with Crippen molar-refractivity contribution in [1.82, 2.24) is 5.32 Å². The van der Waals surface area contributed by atoms with Gasteiger partial charge in [-0.2, -0.15) is 0 Å². The van der Waals surface area contributed by atoms with Gasteiger partial charge in [0.25, 0.3) is 0 Å². The van der Waals surface area contributed by atoms with E-state index in [1.165, 1.54) is 0 Å². The monoisotopic (exact) mass is 228 g/mol. The standard InChI is InChI=1S/C13H28N2O/c1-10(2)12(16)11(8-6-7-9-14)15-13(3,4)5/h10-11,15H,6-9,14H2,1-5H3/t11-/m0/s1. The molecule has 16 heavy (non-hydrogen) atoms. The van der Waals surface area contributed by atoms with Crippen LogP contribution >= 0.6 is 0 Å². The summed E-state index contributed by atoms with van der Waals surface area (Å²) in [7, 11) is 0. The second-order valence-corrected chi connectivity index (χ2v) is 5.79. The molecule has 0 spiro atoms. The Morgan fingerprint density at radius 2 is 1.81 bits per heavy atom. The quantitative estimate of drug-likeness (QED) is 0.656. The van der Waals surface area contributed by atoms with Gasteiger partial charge in [-0.15, -0.1) is 0 Å². The minimum atomic E-state index is -0.0217. The topological polar surface area (TPSA) is 55.1 Å². The number of carbonyl (C=O) groups excluding carboxylic acids is 1. The second-order valence-electron chi connectivity index (χ2n) is 5.79. The van der Waals surface area contributed by atoms with Gasteiger partial charge in [0.05, 0.1) is 6.04 Å². The second kappa shape index (κ2) is 7.02. The Morgan fingerprint density at radius 3 is 2.19 bits per heavy atom. The molecule has 0 aromatic rings. The number of ketones is 1. The van der Waals surface area contributed by atoms with E-state index in [-0.39, 0.29) is 17.5 Å². The minimum absolute atomic E-state index is 0.0159. The van der Waals surface area contributed by atoms with Crippen LogP contribution in [0.4, 0.5) is 0 Å². The summed E-state index contributed by atoms with van der Waals surface area (Å²) in [5, 5.41) is 3.41. The van der Waals surface area contributed by atoms with E-state index in [1.54, 1.807) is 0 Å². The lowest BCUT2D eigenvalue weighted by Gasteiger charge is -2.28. The number of rotatable bonds is 7. The van der Waals surface area contributed by atoms with Gasteiger partial charge in [0.1, 0.15) is 0 Å². The van der Waals surface area contributed by atoms with E-state index in [1.807, 2.05) is 13.8 Å². The molecule has 0 bridgehead atoms. The summed E-state index contributed by atoms with van der Waals surface area (Å²) in [6.07, 6.45) is 2.90. The zero-order valence-corrected chi connectivity index (χ0v) is 11.5. The Bertz CT molecular complexity index is 206. The van der Waals surface area contributed by atoms with E-state index in [0.29, 0.717) is 12.3 Å². The molecule has 3 heteroatoms. The lowest BCUT2D eigenvalue weighted by Crippen LogP contribution is -2.48. The third-order valence-electron chi connectivity index (χ3n) is 2.47. The van der Waals surface area contributed by atoms with Crippen LogP contribution in [0.2, 0.25) is 0 Å². The van der Waals surface area contributed by atoms with Crippen molar-refractivity contribution in [2.75, 3.05) is 6.54 Å². The van der Waals surface area contributed by atoms with Crippen molar-refractivity contribution in [2.24, 2.45) is 11.7 Å². The summed E-state index contributed by atoms with van der Waals surface area (Å²) < 4.78 is 0. The fourth-order valence-corrected chi connectivity index (χ4v) is 1.70. The third-order valence-corrected chi connectivity index (χ3v) is 2.47. The molecule has 0 aromatic carbocycles. The number of carbonyl (C=O) groups is 1. The normalized spacial score (nSPS) is 14.2. The molecule has 0 aliphatic carbocycles. The molecule has 0 heterocycles. The summed E-state index contributed by atoms with van der Waals surface area (Å²) >= 11 is 0. The highest BCUT2D eigenvalue weighted by atomic mass is 16.1. The SMILES string of the molecule is CC(C)C(=O)[C@H](CCCCN)NC(C)(C)C. The Morgan fingerprint density at radius 1 is 1.25 bits per heavy atom. The summed E-state index contributed by atoms with van der Waals surface area (Å²) in [4.78, 5) is 12.0. The van der Waals surface area contributed by atoms with Crippen LogP contribution in [-0.4, -0.2) is 23.9 Å². The molecule has 0 radical (unpaired) electrons. The van der Waals surface area contributed by atoms with Crippen LogP contribution < -0.4 is 11.1 Å². The van der Waals surface area contributed by atoms with Gasteiger partial charge in [0.2, 0.25) is 0 Å². The smallest absolute Gasteiger partial charge is 0.152 e. The van der Waals surface area contributed by atoms with Crippen LogP contribution in [0.25, 0.3) is 0 Å². The van der Waals surface area contributed by atoms with Crippen molar-refractivity contribution in [3.05, 3.63) is 0 Å². The maximum absolute atomic E-state index is 12.0. The summed E-state index contributed by atoms with van der Waals surface area (Å²) in [6, 6.07) is -0.0217. The molecule has 0 amide bonds. The molecule has 0 rings (SSSR count). The molecule has 96 valence electrons. The van der Waals surface area contributed by atoms with E-state index in [2.05, 4.69) is 26.1 Å². The zero-order chi connectivity index (χ0) is 12.8. The Balaban J connectivity index is 4.33. The highest BCUT2D eigenvalue weighted by Crippen LogP contribution is 2.11. The van der Waals surface area contributed by atoms with Gasteiger partial charge in [0.15, 0.2) is 5.78 Å².